The highest BCUT2D eigenvalue weighted by molar-refractivity contribution is 5.76. The van der Waals surface area contributed by atoms with E-state index in [1.165, 1.54) is 0 Å². The van der Waals surface area contributed by atoms with Gasteiger partial charge in [0, 0.05) is 0 Å². The van der Waals surface area contributed by atoms with E-state index in [0.29, 0.717) is 17.1 Å². The molecule has 0 heterocycles. The zero-order valence-corrected chi connectivity index (χ0v) is 7.31. The second-order valence-corrected chi connectivity index (χ2v) is 2.48. The zero-order chi connectivity index (χ0) is 10.6. The fraction of sp³-hybridized carbons (Fsp3) is 0. The summed E-state index contributed by atoms with van der Waals surface area (Å²) in [6.07, 6.45) is 0.0185. The molecule has 1 aromatic carbocycles. The largest absolute Gasteiger partial charge is 0.410 e. The number of hydrogen-bond donors (Lipinski definition) is 3. The molecule has 1 rings (SSSR count). The van der Waals surface area contributed by atoms with Crippen LogP contribution in [0.25, 0.3) is 0 Å². The van der Waals surface area contributed by atoms with Gasteiger partial charge in [-0.1, -0.05) is 0 Å². The molecule has 0 saturated heterocycles. The number of aliphatic imine (C=N–C) groups is 1. The van der Waals surface area contributed by atoms with Gasteiger partial charge in [-0.2, -0.15) is 0 Å². The van der Waals surface area contributed by atoms with Crippen molar-refractivity contribution in [3.63, 3.8) is 0 Å². The predicted molar refractivity (Wildman–Crippen MR) is 54.1 cm³/mol. The van der Waals surface area contributed by atoms with Crippen LogP contribution in [-0.2, 0) is 4.74 Å². The van der Waals surface area contributed by atoms with Crippen molar-refractivity contribution < 1.29 is 9.53 Å². The Morgan fingerprint density at radius 3 is 2.64 bits per heavy atom. The molecule has 0 atom stereocenters. The first kappa shape index (κ1) is 9.85. The average Bonchev–Trinajstić information content (AvgIpc) is 2.10. The minimum atomic E-state index is -0.919. The highest BCUT2D eigenvalue weighted by Gasteiger charge is 1.95. The second kappa shape index (κ2) is 4.13. The molecule has 0 bridgehead atoms. The Balaban J connectivity index is 2.73. The Labute approximate surface area is 80.4 Å². The molecule has 74 valence electrons. The fourth-order valence-electron chi connectivity index (χ4n) is 0.782. The van der Waals surface area contributed by atoms with Crippen molar-refractivity contribution in [2.75, 3.05) is 11.5 Å². The number of carbonyl (C=O) groups is 1. The number of anilines is 2. The number of hydrogen-bond acceptors (Lipinski definition) is 5. The first-order valence-electron chi connectivity index (χ1n) is 3.73. The Kier molecular flexibility index (Phi) is 2.90. The summed E-state index contributed by atoms with van der Waals surface area (Å²) >= 11 is 0. The van der Waals surface area contributed by atoms with E-state index in [4.69, 9.17) is 17.2 Å². The van der Waals surface area contributed by atoms with Crippen LogP contribution in [0.4, 0.5) is 21.9 Å². The molecule has 0 aromatic heterocycles. The van der Waals surface area contributed by atoms with Gasteiger partial charge in [0.15, 0.2) is 6.40 Å². The number of rotatable bonds is 2. The molecule has 0 radical (unpaired) electrons. The quantitative estimate of drug-likeness (QED) is 0.363. The molecule has 1 aromatic rings. The first-order valence-corrected chi connectivity index (χ1v) is 3.73. The van der Waals surface area contributed by atoms with E-state index in [2.05, 4.69) is 9.73 Å². The average molecular weight is 194 g/mol. The maximum absolute atomic E-state index is 10.2. The van der Waals surface area contributed by atoms with Crippen molar-refractivity contribution in [1.29, 1.82) is 0 Å². The Bertz CT molecular complexity index is 376. The van der Waals surface area contributed by atoms with E-state index < -0.39 is 6.09 Å². The second-order valence-electron chi connectivity index (χ2n) is 2.48. The standard InChI is InChI=1S/C8H10N4O2/c9-6-2-1-5(3-7(6)10)12-4-14-8(11)13/h1-4H,9-10H2,(H2,11,13). The van der Waals surface area contributed by atoms with Crippen molar-refractivity contribution in [2.24, 2.45) is 10.7 Å². The summed E-state index contributed by atoms with van der Waals surface area (Å²) in [6, 6.07) is 4.79. The van der Waals surface area contributed by atoms with Crippen molar-refractivity contribution in [3.8, 4) is 0 Å². The molecular weight excluding hydrogens is 184 g/mol. The van der Waals surface area contributed by atoms with Gasteiger partial charge in [0.25, 0.3) is 0 Å². The van der Waals surface area contributed by atoms with Crippen LogP contribution in [0.1, 0.15) is 0 Å². The topological polar surface area (TPSA) is 117 Å². The van der Waals surface area contributed by atoms with Gasteiger partial charge < -0.3 is 21.9 Å². The minimum absolute atomic E-state index is 0.415. The number of nitrogen functional groups attached to an aromatic ring is 2. The molecule has 6 nitrogen and oxygen atoms in total. The van der Waals surface area contributed by atoms with Crippen LogP contribution in [0.15, 0.2) is 23.2 Å². The van der Waals surface area contributed by atoms with E-state index in [1.54, 1.807) is 18.2 Å². The first-order chi connectivity index (χ1) is 6.59. The molecule has 6 N–H and O–H groups in total. The highest BCUT2D eigenvalue weighted by Crippen LogP contribution is 2.21. The summed E-state index contributed by atoms with van der Waals surface area (Å²) in [4.78, 5) is 13.9. The molecule has 0 aliphatic carbocycles. The van der Waals surface area contributed by atoms with E-state index >= 15 is 0 Å². The van der Waals surface area contributed by atoms with Gasteiger partial charge in [0.2, 0.25) is 0 Å². The lowest BCUT2D eigenvalue weighted by Crippen LogP contribution is -2.11. The number of nitrogens with two attached hydrogens (primary N) is 3. The van der Waals surface area contributed by atoms with Crippen molar-refractivity contribution in [3.05, 3.63) is 18.2 Å². The number of ether oxygens (including phenoxy) is 1. The maximum atomic E-state index is 10.2. The van der Waals surface area contributed by atoms with Crippen LogP contribution in [0, 0.1) is 0 Å². The van der Waals surface area contributed by atoms with E-state index in [1.807, 2.05) is 0 Å². The van der Waals surface area contributed by atoms with Gasteiger partial charge in [0.05, 0.1) is 17.1 Å². The van der Waals surface area contributed by atoms with Crippen molar-refractivity contribution in [2.45, 2.75) is 0 Å². The van der Waals surface area contributed by atoms with E-state index in [-0.39, 0.29) is 0 Å². The molecule has 6 heteroatoms. The number of amides is 1. The molecule has 1 amide bonds. The van der Waals surface area contributed by atoms with Gasteiger partial charge in [-0.15, -0.1) is 0 Å². The molecule has 0 fully saturated rings. The summed E-state index contributed by atoms with van der Waals surface area (Å²) in [7, 11) is 0. The van der Waals surface area contributed by atoms with E-state index in [9.17, 15) is 4.79 Å². The highest BCUT2D eigenvalue weighted by atomic mass is 16.5. The van der Waals surface area contributed by atoms with Gasteiger partial charge in [0.1, 0.15) is 0 Å². The van der Waals surface area contributed by atoms with Crippen molar-refractivity contribution >= 4 is 29.6 Å². The number of primary amides is 1. The van der Waals surface area contributed by atoms with Gasteiger partial charge in [-0.25, -0.2) is 9.79 Å². The monoisotopic (exact) mass is 194 g/mol. The molecule has 0 saturated carbocycles. The molecular formula is C8H10N4O2. The van der Waals surface area contributed by atoms with Crippen LogP contribution in [0.3, 0.4) is 0 Å². The van der Waals surface area contributed by atoms with Gasteiger partial charge in [-0.3, -0.25) is 0 Å². The lowest BCUT2D eigenvalue weighted by Gasteiger charge is -1.99. The summed E-state index contributed by atoms with van der Waals surface area (Å²) < 4.78 is 4.29. The Morgan fingerprint density at radius 1 is 1.36 bits per heavy atom. The van der Waals surface area contributed by atoms with Crippen LogP contribution in [0.5, 0.6) is 0 Å². The lowest BCUT2D eigenvalue weighted by molar-refractivity contribution is 0.210. The molecule has 0 aliphatic rings. The third-order valence-electron chi connectivity index (χ3n) is 1.44. The smallest absolute Gasteiger partial charge is 0.398 e. The normalized spacial score (nSPS) is 10.3. The van der Waals surface area contributed by atoms with Crippen LogP contribution < -0.4 is 17.2 Å². The van der Waals surface area contributed by atoms with Gasteiger partial charge in [-0.05, 0) is 18.2 Å². The SMILES string of the molecule is NC(=O)OC=Nc1ccc(N)c(N)c1. The number of nitrogens with zero attached hydrogens (tertiary/aromatic N) is 1. The summed E-state index contributed by atoms with van der Waals surface area (Å²) in [5, 5.41) is 0. The van der Waals surface area contributed by atoms with Crippen molar-refractivity contribution in [1.82, 2.24) is 0 Å². The summed E-state index contributed by atoms with van der Waals surface area (Å²) in [5.74, 6) is 0. The van der Waals surface area contributed by atoms with Crippen LogP contribution in [-0.4, -0.2) is 12.5 Å². The molecule has 0 unspecified atom stereocenters. The fourth-order valence-corrected chi connectivity index (χ4v) is 0.782. The molecule has 0 spiro atoms. The third-order valence-corrected chi connectivity index (χ3v) is 1.44. The molecule has 0 aliphatic heterocycles. The van der Waals surface area contributed by atoms with E-state index in [0.717, 1.165) is 6.40 Å². The zero-order valence-electron chi connectivity index (χ0n) is 7.31. The van der Waals surface area contributed by atoms with Crippen LogP contribution in [0.2, 0.25) is 0 Å². The number of benzene rings is 1. The summed E-state index contributed by atoms with van der Waals surface area (Å²) in [5.41, 5.74) is 17.1. The Hall–Kier alpha value is -2.24. The van der Waals surface area contributed by atoms with Gasteiger partial charge >= 0.3 is 6.09 Å². The Morgan fingerprint density at radius 2 is 2.07 bits per heavy atom. The van der Waals surface area contributed by atoms with Crippen LogP contribution >= 0.6 is 0 Å². The lowest BCUT2D eigenvalue weighted by atomic mass is 10.2. The number of carbonyl (C=O) groups excluding carboxylic acids is 1. The molecule has 14 heavy (non-hydrogen) atoms. The minimum Gasteiger partial charge on any atom is -0.398 e. The predicted octanol–water partition coefficient (Wildman–Crippen LogP) is 0.606. The third kappa shape index (κ3) is 2.67. The maximum Gasteiger partial charge on any atom is 0.410 e. The summed E-state index contributed by atoms with van der Waals surface area (Å²) in [6.45, 7) is 0.